The maximum Gasteiger partial charge on any atom is 0.305 e. The van der Waals surface area contributed by atoms with Gasteiger partial charge in [0, 0.05) is 12.5 Å². The molecule has 0 aliphatic heterocycles. The van der Waals surface area contributed by atoms with Crippen LogP contribution in [0.2, 0.25) is 0 Å². The van der Waals surface area contributed by atoms with Crippen LogP contribution in [-0.2, 0) is 20.5 Å². The molecule has 23 heavy (non-hydrogen) atoms. The fraction of sp³-hybridized carbons (Fsp3) is 0.611. The molecule has 0 fully saturated rings. The standard InChI is InChI=1S/C18H29NO3S/c1-5-22-17(20)14-10-9-13-16(15-11-7-6-8-12-15)19-23(21)18(2,3)4/h6-8,11-12,16,19H,5,9-10,13-14H2,1-4H3/t16-,23-/m1/s1. The summed E-state index contributed by atoms with van der Waals surface area (Å²) in [6.45, 7) is 8.11. The second-order valence-electron chi connectivity index (χ2n) is 6.51. The molecule has 5 heteroatoms. The summed E-state index contributed by atoms with van der Waals surface area (Å²) in [5.41, 5.74) is 1.13. The molecule has 0 saturated heterocycles. The highest BCUT2D eigenvalue weighted by molar-refractivity contribution is 7.84. The summed E-state index contributed by atoms with van der Waals surface area (Å²) in [6, 6.07) is 10.1. The number of carbonyl (C=O) groups excluding carboxylic acids is 1. The zero-order valence-corrected chi connectivity index (χ0v) is 15.4. The maximum absolute atomic E-state index is 12.4. The Kier molecular flexibility index (Phi) is 8.48. The van der Waals surface area contributed by atoms with Crippen LogP contribution in [0, 0.1) is 0 Å². The first kappa shape index (κ1) is 19.8. The lowest BCUT2D eigenvalue weighted by Crippen LogP contribution is -2.35. The molecule has 1 rings (SSSR count). The van der Waals surface area contributed by atoms with Gasteiger partial charge in [-0.1, -0.05) is 36.8 Å². The Morgan fingerprint density at radius 2 is 1.87 bits per heavy atom. The third kappa shape index (κ3) is 7.75. The summed E-state index contributed by atoms with van der Waals surface area (Å²) in [5.74, 6) is -0.144. The van der Waals surface area contributed by atoms with Crippen molar-refractivity contribution in [1.82, 2.24) is 4.72 Å². The van der Waals surface area contributed by atoms with Crippen LogP contribution < -0.4 is 4.72 Å². The molecule has 0 aromatic heterocycles. The number of esters is 1. The van der Waals surface area contributed by atoms with Gasteiger partial charge in [-0.25, -0.2) is 8.93 Å². The highest BCUT2D eigenvalue weighted by Crippen LogP contribution is 2.22. The number of hydrogen-bond donors (Lipinski definition) is 1. The highest BCUT2D eigenvalue weighted by atomic mass is 32.2. The van der Waals surface area contributed by atoms with Gasteiger partial charge >= 0.3 is 5.97 Å². The summed E-state index contributed by atoms with van der Waals surface area (Å²) >= 11 is 0. The van der Waals surface area contributed by atoms with Crippen molar-refractivity contribution in [2.75, 3.05) is 6.61 Å². The minimum atomic E-state index is -1.13. The van der Waals surface area contributed by atoms with Crippen molar-refractivity contribution in [1.29, 1.82) is 0 Å². The molecule has 0 heterocycles. The predicted octanol–water partition coefficient (Wildman–Crippen LogP) is 3.90. The highest BCUT2D eigenvalue weighted by Gasteiger charge is 2.23. The van der Waals surface area contributed by atoms with Crippen LogP contribution in [0.3, 0.4) is 0 Å². The summed E-state index contributed by atoms with van der Waals surface area (Å²) in [4.78, 5) is 11.4. The number of unbranched alkanes of at least 4 members (excludes halogenated alkanes) is 1. The van der Waals surface area contributed by atoms with E-state index in [0.29, 0.717) is 13.0 Å². The van der Waals surface area contributed by atoms with Crippen molar-refractivity contribution in [2.45, 2.75) is 64.2 Å². The second kappa shape index (κ2) is 9.83. The Bertz CT molecular complexity index is 497. The number of hydrogen-bond acceptors (Lipinski definition) is 3. The van der Waals surface area contributed by atoms with Gasteiger partial charge < -0.3 is 4.74 Å². The monoisotopic (exact) mass is 339 g/mol. The molecule has 0 radical (unpaired) electrons. The van der Waals surface area contributed by atoms with Crippen LogP contribution >= 0.6 is 0 Å². The summed E-state index contributed by atoms with van der Waals surface area (Å²) in [5, 5.41) is 0. The number of rotatable bonds is 9. The molecule has 0 spiro atoms. The van der Waals surface area contributed by atoms with Crippen LogP contribution in [0.15, 0.2) is 30.3 Å². The fourth-order valence-corrected chi connectivity index (χ4v) is 3.00. The Balaban J connectivity index is 2.59. The van der Waals surface area contributed by atoms with E-state index in [2.05, 4.69) is 4.72 Å². The Labute approximate surface area is 142 Å². The van der Waals surface area contributed by atoms with E-state index < -0.39 is 11.0 Å². The molecule has 1 N–H and O–H groups in total. The lowest BCUT2D eigenvalue weighted by atomic mass is 10.0. The Hall–Kier alpha value is -1.20. The van der Waals surface area contributed by atoms with E-state index >= 15 is 0 Å². The Morgan fingerprint density at radius 3 is 2.43 bits per heavy atom. The molecule has 130 valence electrons. The fourth-order valence-electron chi connectivity index (χ4n) is 2.14. The zero-order chi connectivity index (χ0) is 17.3. The predicted molar refractivity (Wildman–Crippen MR) is 95.3 cm³/mol. The molecule has 1 aromatic carbocycles. The topological polar surface area (TPSA) is 55.4 Å². The largest absolute Gasteiger partial charge is 0.466 e. The number of ether oxygens (including phenoxy) is 1. The van der Waals surface area contributed by atoms with Gasteiger partial charge in [-0.15, -0.1) is 0 Å². The number of carbonyl (C=O) groups is 1. The first-order valence-corrected chi connectivity index (χ1v) is 9.38. The molecular weight excluding hydrogens is 310 g/mol. The number of benzene rings is 1. The summed E-state index contributed by atoms with van der Waals surface area (Å²) in [6.07, 6.45) is 2.95. The molecule has 1 aromatic rings. The van der Waals surface area contributed by atoms with Gasteiger partial charge in [-0.05, 0) is 46.1 Å². The average Bonchev–Trinajstić information content (AvgIpc) is 2.50. The van der Waals surface area contributed by atoms with Gasteiger partial charge in [0.1, 0.15) is 0 Å². The van der Waals surface area contributed by atoms with Crippen molar-refractivity contribution >= 4 is 17.0 Å². The van der Waals surface area contributed by atoms with E-state index in [1.165, 1.54) is 0 Å². The van der Waals surface area contributed by atoms with E-state index in [1.54, 1.807) is 0 Å². The van der Waals surface area contributed by atoms with E-state index in [9.17, 15) is 9.00 Å². The molecule has 4 nitrogen and oxygen atoms in total. The summed E-state index contributed by atoms with van der Waals surface area (Å²) < 4.78 is 20.3. The smallest absolute Gasteiger partial charge is 0.305 e. The van der Waals surface area contributed by atoms with E-state index in [4.69, 9.17) is 4.74 Å². The lowest BCUT2D eigenvalue weighted by Gasteiger charge is -2.24. The van der Waals surface area contributed by atoms with Gasteiger partial charge in [0.25, 0.3) is 0 Å². The van der Waals surface area contributed by atoms with Crippen molar-refractivity contribution in [2.24, 2.45) is 0 Å². The quantitative estimate of drug-likeness (QED) is 0.548. The molecule has 0 aliphatic rings. The summed E-state index contributed by atoms with van der Waals surface area (Å²) in [7, 11) is -1.13. The van der Waals surface area contributed by atoms with Gasteiger partial charge in [-0.3, -0.25) is 4.79 Å². The zero-order valence-electron chi connectivity index (χ0n) is 14.6. The van der Waals surface area contributed by atoms with Crippen molar-refractivity contribution in [3.8, 4) is 0 Å². The second-order valence-corrected chi connectivity index (χ2v) is 8.51. The number of nitrogens with one attached hydrogen (secondary N) is 1. The van der Waals surface area contributed by atoms with E-state index in [0.717, 1.165) is 24.8 Å². The average molecular weight is 340 g/mol. The molecule has 2 atom stereocenters. The van der Waals surface area contributed by atoms with Gasteiger partial charge in [-0.2, -0.15) is 0 Å². The van der Waals surface area contributed by atoms with Crippen LogP contribution in [0.5, 0.6) is 0 Å². The minimum Gasteiger partial charge on any atom is -0.466 e. The van der Waals surface area contributed by atoms with Gasteiger partial charge in [0.05, 0.1) is 22.3 Å². The van der Waals surface area contributed by atoms with Gasteiger partial charge in [0.15, 0.2) is 0 Å². The van der Waals surface area contributed by atoms with Crippen molar-refractivity contribution in [3.05, 3.63) is 35.9 Å². The normalized spacial score (nSPS) is 14.3. The van der Waals surface area contributed by atoms with E-state index in [1.807, 2.05) is 58.0 Å². The van der Waals surface area contributed by atoms with Crippen LogP contribution in [-0.4, -0.2) is 21.5 Å². The lowest BCUT2D eigenvalue weighted by molar-refractivity contribution is -0.143. The minimum absolute atomic E-state index is 0.0263. The van der Waals surface area contributed by atoms with Gasteiger partial charge in [0.2, 0.25) is 0 Å². The SMILES string of the molecule is CCOC(=O)CCCC[C@@H](N[S@](=O)C(C)(C)C)c1ccccc1. The van der Waals surface area contributed by atoms with Crippen LogP contribution in [0.4, 0.5) is 0 Å². The molecule has 0 aliphatic carbocycles. The third-order valence-electron chi connectivity index (χ3n) is 3.44. The first-order chi connectivity index (χ1) is 10.8. The molecular formula is C18H29NO3S. The van der Waals surface area contributed by atoms with Crippen LogP contribution in [0.25, 0.3) is 0 Å². The molecule has 0 saturated carbocycles. The third-order valence-corrected chi connectivity index (χ3v) is 5.05. The molecule has 0 amide bonds. The van der Waals surface area contributed by atoms with Crippen molar-refractivity contribution in [3.63, 3.8) is 0 Å². The van der Waals surface area contributed by atoms with Crippen molar-refractivity contribution < 1.29 is 13.7 Å². The van der Waals surface area contributed by atoms with E-state index in [-0.39, 0.29) is 16.8 Å². The Morgan fingerprint density at radius 1 is 1.22 bits per heavy atom. The molecule has 0 bridgehead atoms. The first-order valence-electron chi connectivity index (χ1n) is 8.23. The van der Waals surface area contributed by atoms with Crippen LogP contribution in [0.1, 0.15) is 65.0 Å². The maximum atomic E-state index is 12.4. The molecule has 0 unspecified atom stereocenters.